The summed E-state index contributed by atoms with van der Waals surface area (Å²) in [5, 5.41) is 4.98. The number of benzene rings is 1. The number of carbonyl (C=O) groups excluding carboxylic acids is 1. The van der Waals surface area contributed by atoms with E-state index >= 15 is 0 Å². The van der Waals surface area contributed by atoms with Crippen molar-refractivity contribution in [3.63, 3.8) is 0 Å². The summed E-state index contributed by atoms with van der Waals surface area (Å²) in [5.74, 6) is -0.0719. The molecule has 1 aromatic carbocycles. The van der Waals surface area contributed by atoms with Gasteiger partial charge in [-0.2, -0.15) is 0 Å². The Morgan fingerprint density at radius 2 is 2.22 bits per heavy atom. The molecule has 1 heterocycles. The van der Waals surface area contributed by atoms with Gasteiger partial charge < -0.3 is 0 Å². The fourth-order valence-corrected chi connectivity index (χ4v) is 2.09. The third-order valence-corrected chi connectivity index (χ3v) is 3.06. The number of aryl methyl sites for hydroxylation is 1. The molecule has 2 rings (SSSR count). The Labute approximate surface area is 115 Å². The molecular weight excluding hydrogens is 273 g/mol. The van der Waals surface area contributed by atoms with E-state index in [0.717, 1.165) is 6.54 Å². The summed E-state index contributed by atoms with van der Waals surface area (Å²) < 4.78 is 3.47. The van der Waals surface area contributed by atoms with Crippen molar-refractivity contribution in [1.82, 2.24) is 9.78 Å². The van der Waals surface area contributed by atoms with Crippen molar-refractivity contribution in [1.29, 1.82) is 0 Å². The van der Waals surface area contributed by atoms with Crippen molar-refractivity contribution >= 4 is 29.0 Å². The number of rotatable bonds is 4. The molecule has 0 atom stereocenters. The number of hydrogen-bond acceptors (Lipinski definition) is 2. The van der Waals surface area contributed by atoms with E-state index in [9.17, 15) is 4.79 Å². The predicted octanol–water partition coefficient (Wildman–Crippen LogP) is 2.38. The van der Waals surface area contributed by atoms with Gasteiger partial charge in [0.15, 0.2) is 5.78 Å². The molecule has 0 bridgehead atoms. The van der Waals surface area contributed by atoms with Gasteiger partial charge in [-0.1, -0.05) is 23.2 Å². The topological polar surface area (TPSA) is 38.8 Å². The van der Waals surface area contributed by atoms with Gasteiger partial charge in [0.05, 0.1) is 5.02 Å². The lowest BCUT2D eigenvalue weighted by molar-refractivity contribution is -0.683. The molecule has 0 aliphatic heterocycles. The highest BCUT2D eigenvalue weighted by atomic mass is 35.5. The Morgan fingerprint density at radius 1 is 1.44 bits per heavy atom. The minimum atomic E-state index is -0.0719. The quantitative estimate of drug-likeness (QED) is 0.639. The van der Waals surface area contributed by atoms with Gasteiger partial charge in [-0.3, -0.25) is 4.79 Å². The van der Waals surface area contributed by atoms with Crippen molar-refractivity contribution in [2.45, 2.75) is 20.0 Å². The molecule has 2 aromatic rings. The number of nitrogens with zero attached hydrogens (tertiary/aromatic N) is 3. The van der Waals surface area contributed by atoms with Crippen LogP contribution < -0.4 is 4.57 Å². The standard InChI is InChI=1S/C12H12Cl2N3O/c1-2-17-8-16(7-15-17)6-12(18)10-4-3-9(13)5-11(10)14/h3-5,7-8H,2,6H2,1H3/q+1. The molecule has 6 heteroatoms. The van der Waals surface area contributed by atoms with Crippen LogP contribution in [0.1, 0.15) is 17.3 Å². The molecule has 0 saturated carbocycles. The third-order valence-electron chi connectivity index (χ3n) is 2.51. The van der Waals surface area contributed by atoms with Crippen LogP contribution in [-0.4, -0.2) is 15.6 Å². The first-order valence-corrected chi connectivity index (χ1v) is 6.25. The lowest BCUT2D eigenvalue weighted by atomic mass is 10.1. The molecule has 1 aromatic heterocycles. The van der Waals surface area contributed by atoms with Gasteiger partial charge in [-0.05, 0) is 25.1 Å². The zero-order valence-electron chi connectivity index (χ0n) is 9.81. The van der Waals surface area contributed by atoms with Crippen LogP contribution >= 0.6 is 23.2 Å². The fourth-order valence-electron chi connectivity index (χ4n) is 1.58. The summed E-state index contributed by atoms with van der Waals surface area (Å²) in [6.07, 6.45) is 3.40. The van der Waals surface area contributed by atoms with Crippen LogP contribution in [0.3, 0.4) is 0 Å². The summed E-state index contributed by atoms with van der Waals surface area (Å²) >= 11 is 11.8. The average Bonchev–Trinajstić information content (AvgIpc) is 2.76. The number of carbonyl (C=O) groups is 1. The molecule has 0 N–H and O–H groups in total. The molecule has 94 valence electrons. The molecule has 4 nitrogen and oxygen atoms in total. The van der Waals surface area contributed by atoms with E-state index in [1.807, 2.05) is 6.92 Å². The maximum Gasteiger partial charge on any atom is 0.265 e. The normalized spacial score (nSPS) is 10.6. The van der Waals surface area contributed by atoms with E-state index in [4.69, 9.17) is 23.2 Å². The predicted molar refractivity (Wildman–Crippen MR) is 68.9 cm³/mol. The maximum atomic E-state index is 12.1. The van der Waals surface area contributed by atoms with Crippen LogP contribution in [0.4, 0.5) is 0 Å². The van der Waals surface area contributed by atoms with Crippen LogP contribution in [0.25, 0.3) is 0 Å². The zero-order valence-corrected chi connectivity index (χ0v) is 11.3. The first kappa shape index (κ1) is 13.1. The van der Waals surface area contributed by atoms with E-state index in [1.54, 1.807) is 40.1 Å². The van der Waals surface area contributed by atoms with Crippen molar-refractivity contribution in [3.8, 4) is 0 Å². The van der Waals surface area contributed by atoms with Crippen molar-refractivity contribution in [3.05, 3.63) is 46.5 Å². The zero-order chi connectivity index (χ0) is 13.1. The van der Waals surface area contributed by atoms with Gasteiger partial charge in [0, 0.05) is 15.7 Å². The Bertz CT molecular complexity index is 580. The van der Waals surface area contributed by atoms with Gasteiger partial charge in [0.2, 0.25) is 6.33 Å². The van der Waals surface area contributed by atoms with Crippen molar-refractivity contribution in [2.24, 2.45) is 0 Å². The highest BCUT2D eigenvalue weighted by Gasteiger charge is 2.14. The first-order valence-electron chi connectivity index (χ1n) is 5.50. The minimum absolute atomic E-state index is 0.0719. The molecule has 0 fully saturated rings. The Balaban J connectivity index is 2.16. The van der Waals surface area contributed by atoms with Gasteiger partial charge >= 0.3 is 0 Å². The van der Waals surface area contributed by atoms with Crippen LogP contribution in [-0.2, 0) is 13.1 Å². The Morgan fingerprint density at radius 3 is 2.83 bits per heavy atom. The van der Waals surface area contributed by atoms with Crippen LogP contribution in [0, 0.1) is 0 Å². The molecular formula is C12H12Cl2N3O+. The Kier molecular flexibility index (Phi) is 3.99. The van der Waals surface area contributed by atoms with Crippen LogP contribution in [0.2, 0.25) is 10.0 Å². The summed E-state index contributed by atoms with van der Waals surface area (Å²) in [4.78, 5) is 12.1. The molecule has 18 heavy (non-hydrogen) atoms. The summed E-state index contributed by atoms with van der Waals surface area (Å²) in [6.45, 7) is 2.96. The maximum absolute atomic E-state index is 12.1. The lowest BCUT2D eigenvalue weighted by Crippen LogP contribution is -2.36. The van der Waals surface area contributed by atoms with E-state index in [1.165, 1.54) is 0 Å². The average molecular weight is 285 g/mol. The molecule has 0 aliphatic rings. The Hall–Kier alpha value is -1.39. The highest BCUT2D eigenvalue weighted by Crippen LogP contribution is 2.21. The number of halogens is 2. The van der Waals surface area contributed by atoms with E-state index < -0.39 is 0 Å². The first-order chi connectivity index (χ1) is 8.60. The molecule has 0 spiro atoms. The van der Waals surface area contributed by atoms with Gasteiger partial charge in [0.1, 0.15) is 13.1 Å². The second-order valence-electron chi connectivity index (χ2n) is 3.82. The van der Waals surface area contributed by atoms with E-state index in [0.29, 0.717) is 15.6 Å². The SMILES string of the molecule is CCn1c[n+](CC(=O)c2ccc(Cl)cc2Cl)cn1. The second-order valence-corrected chi connectivity index (χ2v) is 4.67. The van der Waals surface area contributed by atoms with E-state index in [-0.39, 0.29) is 12.3 Å². The number of ketones is 1. The fraction of sp³-hybridized carbons (Fsp3) is 0.250. The number of Topliss-reactive ketones (excluding diaryl/α,β-unsaturated/α-hetero) is 1. The molecule has 0 radical (unpaired) electrons. The highest BCUT2D eigenvalue weighted by molar-refractivity contribution is 6.36. The monoisotopic (exact) mass is 284 g/mol. The second kappa shape index (κ2) is 5.50. The molecule has 0 aliphatic carbocycles. The summed E-state index contributed by atoms with van der Waals surface area (Å²) in [5.41, 5.74) is 0.470. The van der Waals surface area contributed by atoms with Crippen molar-refractivity contribution < 1.29 is 9.36 Å². The van der Waals surface area contributed by atoms with Gasteiger partial charge in [0.25, 0.3) is 6.33 Å². The van der Waals surface area contributed by atoms with Crippen LogP contribution in [0.15, 0.2) is 30.9 Å². The minimum Gasteiger partial charge on any atom is -0.290 e. The van der Waals surface area contributed by atoms with Gasteiger partial charge in [-0.25, -0.2) is 4.57 Å². The summed E-state index contributed by atoms with van der Waals surface area (Å²) in [6, 6.07) is 4.86. The molecule has 0 amide bonds. The number of aromatic nitrogens is 3. The smallest absolute Gasteiger partial charge is 0.265 e. The number of hydrogen-bond donors (Lipinski definition) is 0. The van der Waals surface area contributed by atoms with Gasteiger partial charge in [-0.15, -0.1) is 4.68 Å². The van der Waals surface area contributed by atoms with Crippen molar-refractivity contribution in [2.75, 3.05) is 0 Å². The molecule has 0 saturated heterocycles. The lowest BCUT2D eigenvalue weighted by Gasteiger charge is -2.02. The van der Waals surface area contributed by atoms with E-state index in [2.05, 4.69) is 5.10 Å². The third kappa shape index (κ3) is 2.89. The molecule has 0 unspecified atom stereocenters. The largest absolute Gasteiger partial charge is 0.290 e. The summed E-state index contributed by atoms with van der Waals surface area (Å²) in [7, 11) is 0. The van der Waals surface area contributed by atoms with Crippen LogP contribution in [0.5, 0.6) is 0 Å².